The van der Waals surface area contributed by atoms with Crippen LogP contribution in [0.25, 0.3) is 22.2 Å². The molecule has 31 heavy (non-hydrogen) atoms. The summed E-state index contributed by atoms with van der Waals surface area (Å²) in [4.78, 5) is 28.5. The number of H-pyrrole nitrogens is 1. The lowest BCUT2D eigenvalue weighted by molar-refractivity contribution is 0.0691. The van der Waals surface area contributed by atoms with Crippen molar-refractivity contribution in [2.24, 2.45) is 12.8 Å². The van der Waals surface area contributed by atoms with E-state index in [1.54, 1.807) is 6.92 Å². The first-order valence-corrected chi connectivity index (χ1v) is 9.58. The predicted molar refractivity (Wildman–Crippen MR) is 125 cm³/mol. The van der Waals surface area contributed by atoms with E-state index in [1.807, 2.05) is 25.2 Å². The molecule has 1 fully saturated rings. The largest absolute Gasteiger partial charge is 0.506 e. The van der Waals surface area contributed by atoms with Gasteiger partial charge in [0.25, 0.3) is 5.56 Å². The second-order valence-electron chi connectivity index (χ2n) is 7.61. The van der Waals surface area contributed by atoms with Crippen molar-refractivity contribution in [2.45, 2.75) is 25.9 Å². The number of nitrogens with one attached hydrogen (secondary N) is 1. The summed E-state index contributed by atoms with van der Waals surface area (Å²) in [5.74, 6) is -1.92. The molecule has 0 radical (unpaired) electrons. The maximum Gasteiger partial charge on any atom is 0.345 e. The van der Waals surface area contributed by atoms with E-state index < -0.39 is 22.8 Å². The molecule has 10 heteroatoms. The molecule has 168 valence electrons. The van der Waals surface area contributed by atoms with Gasteiger partial charge in [-0.25, -0.2) is 4.79 Å². The number of aromatic nitrogens is 2. The van der Waals surface area contributed by atoms with Crippen LogP contribution in [0.1, 0.15) is 28.5 Å². The summed E-state index contributed by atoms with van der Waals surface area (Å²) >= 11 is 0. The van der Waals surface area contributed by atoms with Crippen molar-refractivity contribution in [3.8, 4) is 17.0 Å². The van der Waals surface area contributed by atoms with E-state index >= 15 is 0 Å². The zero-order valence-corrected chi connectivity index (χ0v) is 18.8. The summed E-state index contributed by atoms with van der Waals surface area (Å²) < 4.78 is 2.14. The lowest BCUT2D eigenvalue weighted by atomic mass is 9.99. The van der Waals surface area contributed by atoms with E-state index in [4.69, 9.17) is 5.73 Å². The van der Waals surface area contributed by atoms with E-state index in [1.165, 1.54) is 0 Å². The number of carbonyl (C=O) groups is 1. The zero-order chi connectivity index (χ0) is 20.9. The van der Waals surface area contributed by atoms with Gasteiger partial charge in [-0.2, -0.15) is 0 Å². The molecule has 1 aliphatic rings. The summed E-state index contributed by atoms with van der Waals surface area (Å²) in [5.41, 5.74) is 8.23. The van der Waals surface area contributed by atoms with Crippen LogP contribution in [0, 0.1) is 0 Å². The van der Waals surface area contributed by atoms with Crippen LogP contribution in [0.5, 0.6) is 5.75 Å². The number of fused-ring (bicyclic) bond motifs is 1. The molecular weight excluding hydrogens is 443 g/mol. The van der Waals surface area contributed by atoms with Gasteiger partial charge in [0.05, 0.1) is 5.69 Å². The minimum absolute atomic E-state index is 0. The van der Waals surface area contributed by atoms with Crippen molar-refractivity contribution in [1.82, 2.24) is 14.5 Å². The molecule has 2 aromatic heterocycles. The average molecular weight is 469 g/mol. The molecule has 1 aliphatic heterocycles. The highest BCUT2D eigenvalue weighted by Gasteiger charge is 2.24. The number of carboxylic acids is 1. The number of halogens is 2. The van der Waals surface area contributed by atoms with Crippen LogP contribution in [0.3, 0.4) is 0 Å². The molecule has 1 saturated heterocycles. The van der Waals surface area contributed by atoms with Crippen molar-refractivity contribution in [1.29, 1.82) is 0 Å². The third-order valence-corrected chi connectivity index (χ3v) is 5.66. The fourth-order valence-corrected chi connectivity index (χ4v) is 4.10. The minimum Gasteiger partial charge on any atom is -0.506 e. The standard InChI is InChI=1S/C21H24N4O4.2ClH/c1-3-15-18(23-20(27)17(19(15)26)21(28)29)11-4-5-16-12(6-11)7-14(24(16)2)10-25-8-13(22)9-25;;/h4-7,13H,3,8-10,22H2,1-2H3,(H,28,29)(H2,23,26,27);2*1H. The second-order valence-corrected chi connectivity index (χ2v) is 7.61. The van der Waals surface area contributed by atoms with Gasteiger partial charge < -0.3 is 25.5 Å². The predicted octanol–water partition coefficient (Wildman–Crippen LogP) is 2.49. The number of hydrogen-bond acceptors (Lipinski definition) is 5. The number of aromatic amines is 1. The molecule has 3 aromatic rings. The van der Waals surface area contributed by atoms with E-state index in [0.717, 1.165) is 41.8 Å². The van der Waals surface area contributed by atoms with Crippen LogP contribution >= 0.6 is 24.8 Å². The number of nitrogens with two attached hydrogens (primary N) is 1. The summed E-state index contributed by atoms with van der Waals surface area (Å²) in [6, 6.07) is 8.15. The van der Waals surface area contributed by atoms with Crippen LogP contribution in [-0.4, -0.2) is 49.8 Å². The van der Waals surface area contributed by atoms with Crippen LogP contribution in [0.2, 0.25) is 0 Å². The third kappa shape index (κ3) is 4.29. The number of pyridine rings is 1. The first-order valence-electron chi connectivity index (χ1n) is 9.58. The second kappa shape index (κ2) is 9.32. The number of hydrogen-bond donors (Lipinski definition) is 4. The van der Waals surface area contributed by atoms with Crippen LogP contribution < -0.4 is 11.3 Å². The van der Waals surface area contributed by atoms with Crippen LogP contribution in [0.4, 0.5) is 0 Å². The van der Waals surface area contributed by atoms with Gasteiger partial charge in [0.15, 0.2) is 5.56 Å². The van der Waals surface area contributed by atoms with Crippen molar-refractivity contribution >= 4 is 41.7 Å². The van der Waals surface area contributed by atoms with Crippen molar-refractivity contribution in [3.05, 3.63) is 51.4 Å². The quantitative estimate of drug-likeness (QED) is 0.455. The van der Waals surface area contributed by atoms with Crippen molar-refractivity contribution in [2.75, 3.05) is 13.1 Å². The first-order chi connectivity index (χ1) is 13.8. The molecular formula is C21H26Cl2N4O4. The monoisotopic (exact) mass is 468 g/mol. The molecule has 0 saturated carbocycles. The number of nitrogens with zero attached hydrogens (tertiary/aromatic N) is 2. The van der Waals surface area contributed by atoms with Crippen LogP contribution in [0.15, 0.2) is 29.1 Å². The topological polar surface area (TPSA) is 125 Å². The maximum atomic E-state index is 12.2. The first kappa shape index (κ1) is 24.7. The van der Waals surface area contributed by atoms with Gasteiger partial charge in [0.2, 0.25) is 0 Å². The number of aromatic carboxylic acids is 1. The molecule has 0 unspecified atom stereocenters. The van der Waals surface area contributed by atoms with Gasteiger partial charge in [0.1, 0.15) is 5.75 Å². The molecule has 1 aromatic carbocycles. The molecule has 0 bridgehead atoms. The number of benzene rings is 1. The van der Waals surface area contributed by atoms with Gasteiger partial charge in [-0.3, -0.25) is 9.69 Å². The Kier molecular flexibility index (Phi) is 7.44. The number of aromatic hydroxyl groups is 1. The fraction of sp³-hybridized carbons (Fsp3) is 0.333. The smallest absolute Gasteiger partial charge is 0.345 e. The Balaban J connectivity index is 0.00000171. The summed E-state index contributed by atoms with van der Waals surface area (Å²) in [6.45, 7) is 4.41. The minimum atomic E-state index is -1.45. The summed E-state index contributed by atoms with van der Waals surface area (Å²) in [6.07, 6.45) is 0.380. The lowest BCUT2D eigenvalue weighted by Crippen LogP contribution is -2.55. The van der Waals surface area contributed by atoms with E-state index in [-0.39, 0.29) is 30.9 Å². The van der Waals surface area contributed by atoms with Gasteiger partial charge in [-0.05, 0) is 30.2 Å². The molecule has 4 rings (SSSR count). The Morgan fingerprint density at radius 1 is 1.26 bits per heavy atom. The summed E-state index contributed by atoms with van der Waals surface area (Å²) in [5, 5.41) is 20.6. The number of rotatable bonds is 5. The van der Waals surface area contributed by atoms with Crippen LogP contribution in [-0.2, 0) is 20.0 Å². The molecule has 0 amide bonds. The van der Waals surface area contributed by atoms with E-state index in [0.29, 0.717) is 17.7 Å². The van der Waals surface area contributed by atoms with Crippen molar-refractivity contribution < 1.29 is 15.0 Å². The molecule has 8 nitrogen and oxygen atoms in total. The summed E-state index contributed by atoms with van der Waals surface area (Å²) in [7, 11) is 2.02. The Morgan fingerprint density at radius 2 is 1.94 bits per heavy atom. The molecule has 3 heterocycles. The lowest BCUT2D eigenvalue weighted by Gasteiger charge is -2.36. The average Bonchev–Trinajstić information content (AvgIpc) is 2.95. The third-order valence-electron chi connectivity index (χ3n) is 5.66. The Bertz CT molecular complexity index is 1180. The normalized spacial score (nSPS) is 14.0. The fourth-order valence-electron chi connectivity index (χ4n) is 4.10. The van der Waals surface area contributed by atoms with E-state index in [2.05, 4.69) is 20.5 Å². The Hall–Kier alpha value is -2.52. The maximum absolute atomic E-state index is 12.2. The van der Waals surface area contributed by atoms with Gasteiger partial charge in [0, 0.05) is 54.9 Å². The Labute approximate surface area is 191 Å². The molecule has 0 atom stereocenters. The van der Waals surface area contributed by atoms with Gasteiger partial charge in [-0.15, -0.1) is 24.8 Å². The van der Waals surface area contributed by atoms with Gasteiger partial charge in [-0.1, -0.05) is 13.0 Å². The molecule has 0 aliphatic carbocycles. The molecule has 5 N–H and O–H groups in total. The zero-order valence-electron chi connectivity index (χ0n) is 17.2. The van der Waals surface area contributed by atoms with Crippen molar-refractivity contribution in [3.63, 3.8) is 0 Å². The highest BCUT2D eigenvalue weighted by Crippen LogP contribution is 2.32. The number of carboxylic acid groups (broad SMARTS) is 1. The number of likely N-dealkylation sites (tertiary alicyclic amines) is 1. The molecule has 0 spiro atoms. The van der Waals surface area contributed by atoms with Gasteiger partial charge >= 0.3 is 5.97 Å². The number of aryl methyl sites for hydroxylation is 1. The SMILES string of the molecule is CCc1c(-c2ccc3c(c2)cc(CN2CC(N)C2)n3C)[nH]c(=O)c(C(=O)O)c1O.Cl.Cl. The highest BCUT2D eigenvalue weighted by molar-refractivity contribution is 5.92. The highest BCUT2D eigenvalue weighted by atomic mass is 35.5. The van der Waals surface area contributed by atoms with E-state index in [9.17, 15) is 19.8 Å². The Morgan fingerprint density at radius 3 is 2.52 bits per heavy atom.